The lowest BCUT2D eigenvalue weighted by Gasteiger charge is -2.11. The van der Waals surface area contributed by atoms with Crippen LogP contribution in [-0.4, -0.2) is 35.6 Å². The first-order valence-electron chi connectivity index (χ1n) is 9.29. The minimum atomic E-state index is -0.634. The normalized spacial score (nSPS) is 11.2. The van der Waals surface area contributed by atoms with Crippen LogP contribution < -0.4 is 15.6 Å². The molecule has 0 saturated heterocycles. The quantitative estimate of drug-likeness (QED) is 0.345. The van der Waals surface area contributed by atoms with Crippen molar-refractivity contribution in [3.8, 4) is 17.7 Å². The average Bonchev–Trinajstić information content (AvgIpc) is 2.76. The molecular formula is C22H19ClN4O4. The Morgan fingerprint density at radius 3 is 2.87 bits per heavy atom. The number of hydrogen-bond donors (Lipinski definition) is 1. The number of aryl methyl sites for hydroxylation is 1. The molecule has 0 unspecified atom stereocenters. The van der Waals surface area contributed by atoms with Crippen LogP contribution in [-0.2, 0) is 9.53 Å². The number of methoxy groups -OCH3 is 1. The second kappa shape index (κ2) is 9.89. The highest BCUT2D eigenvalue weighted by molar-refractivity contribution is 6.31. The molecule has 3 aromatic rings. The van der Waals surface area contributed by atoms with Crippen LogP contribution in [0.25, 0.3) is 11.7 Å². The maximum atomic E-state index is 13.1. The van der Waals surface area contributed by atoms with E-state index in [1.807, 2.05) is 13.0 Å². The molecule has 0 aliphatic carbocycles. The van der Waals surface area contributed by atoms with Gasteiger partial charge in [-0.1, -0.05) is 17.7 Å². The third kappa shape index (κ3) is 5.09. The predicted molar refractivity (Wildman–Crippen MR) is 116 cm³/mol. The summed E-state index contributed by atoms with van der Waals surface area (Å²) in [7, 11) is 1.50. The van der Waals surface area contributed by atoms with E-state index in [1.165, 1.54) is 17.6 Å². The molecule has 0 atom stereocenters. The summed E-state index contributed by atoms with van der Waals surface area (Å²) >= 11 is 6.07. The van der Waals surface area contributed by atoms with Crippen molar-refractivity contribution < 1.29 is 14.3 Å². The highest BCUT2D eigenvalue weighted by Gasteiger charge is 2.17. The summed E-state index contributed by atoms with van der Waals surface area (Å²) in [4.78, 5) is 29.9. The van der Waals surface area contributed by atoms with Crippen LogP contribution in [0.2, 0.25) is 5.02 Å². The van der Waals surface area contributed by atoms with Crippen LogP contribution in [0.5, 0.6) is 11.6 Å². The number of amides is 1. The van der Waals surface area contributed by atoms with E-state index in [1.54, 1.807) is 42.6 Å². The van der Waals surface area contributed by atoms with E-state index in [9.17, 15) is 14.9 Å². The molecule has 0 radical (unpaired) electrons. The van der Waals surface area contributed by atoms with Gasteiger partial charge in [0.1, 0.15) is 28.6 Å². The molecule has 3 rings (SSSR count). The number of hydrogen-bond acceptors (Lipinski definition) is 6. The predicted octanol–water partition coefficient (Wildman–Crippen LogP) is 3.12. The fourth-order valence-corrected chi connectivity index (χ4v) is 2.85. The first-order chi connectivity index (χ1) is 14.9. The Morgan fingerprint density at radius 2 is 2.16 bits per heavy atom. The van der Waals surface area contributed by atoms with Gasteiger partial charge in [-0.25, -0.2) is 0 Å². The maximum absolute atomic E-state index is 13.1. The third-order valence-corrected chi connectivity index (χ3v) is 4.75. The summed E-state index contributed by atoms with van der Waals surface area (Å²) in [6.45, 7) is 2.32. The van der Waals surface area contributed by atoms with Crippen LogP contribution in [0.3, 0.4) is 0 Å². The third-order valence-electron chi connectivity index (χ3n) is 4.32. The van der Waals surface area contributed by atoms with Gasteiger partial charge in [0.2, 0.25) is 5.88 Å². The largest absolute Gasteiger partial charge is 0.438 e. The van der Waals surface area contributed by atoms with Gasteiger partial charge in [0.05, 0.1) is 6.61 Å². The monoisotopic (exact) mass is 438 g/mol. The molecule has 2 aromatic heterocycles. The van der Waals surface area contributed by atoms with Crippen molar-refractivity contribution >= 4 is 29.2 Å². The first-order valence-corrected chi connectivity index (χ1v) is 9.66. The van der Waals surface area contributed by atoms with Gasteiger partial charge in [-0.3, -0.25) is 14.0 Å². The molecule has 0 fully saturated rings. The number of carbonyl (C=O) groups is 1. The lowest BCUT2D eigenvalue weighted by Crippen LogP contribution is -2.28. The van der Waals surface area contributed by atoms with E-state index in [2.05, 4.69) is 10.3 Å². The molecule has 8 nitrogen and oxygen atoms in total. The summed E-state index contributed by atoms with van der Waals surface area (Å²) in [5, 5.41) is 12.6. The number of halogens is 1. The number of nitrogens with zero attached hydrogens (tertiary/aromatic N) is 3. The molecule has 0 saturated carbocycles. The van der Waals surface area contributed by atoms with E-state index < -0.39 is 11.5 Å². The zero-order valence-corrected chi connectivity index (χ0v) is 17.6. The summed E-state index contributed by atoms with van der Waals surface area (Å²) in [5.74, 6) is -0.257. The Kier molecular flexibility index (Phi) is 7.03. The minimum absolute atomic E-state index is 0.0321. The Hall–Kier alpha value is -3.67. The van der Waals surface area contributed by atoms with E-state index in [0.717, 1.165) is 5.56 Å². The smallest absolute Gasteiger partial charge is 0.269 e. The van der Waals surface area contributed by atoms with Crippen LogP contribution in [0.1, 0.15) is 11.1 Å². The average molecular weight is 439 g/mol. The number of ether oxygens (including phenoxy) is 2. The fourth-order valence-electron chi connectivity index (χ4n) is 2.73. The Bertz CT molecular complexity index is 1260. The highest BCUT2D eigenvalue weighted by Crippen LogP contribution is 2.27. The zero-order valence-electron chi connectivity index (χ0n) is 16.9. The maximum Gasteiger partial charge on any atom is 0.269 e. The van der Waals surface area contributed by atoms with Gasteiger partial charge in [-0.2, -0.15) is 10.2 Å². The molecule has 2 heterocycles. The van der Waals surface area contributed by atoms with Crippen molar-refractivity contribution in [2.45, 2.75) is 6.92 Å². The van der Waals surface area contributed by atoms with Crippen molar-refractivity contribution in [3.63, 3.8) is 0 Å². The number of rotatable bonds is 7. The minimum Gasteiger partial charge on any atom is -0.438 e. The summed E-state index contributed by atoms with van der Waals surface area (Å²) in [6.07, 6.45) is 2.72. The number of nitriles is 1. The van der Waals surface area contributed by atoms with Crippen molar-refractivity contribution in [1.82, 2.24) is 14.7 Å². The van der Waals surface area contributed by atoms with E-state index in [-0.39, 0.29) is 30.2 Å². The van der Waals surface area contributed by atoms with Crippen LogP contribution in [0.15, 0.2) is 53.0 Å². The van der Waals surface area contributed by atoms with E-state index in [4.69, 9.17) is 21.1 Å². The van der Waals surface area contributed by atoms with E-state index in [0.29, 0.717) is 16.4 Å². The van der Waals surface area contributed by atoms with Gasteiger partial charge >= 0.3 is 0 Å². The van der Waals surface area contributed by atoms with Gasteiger partial charge in [0.15, 0.2) is 0 Å². The number of carbonyl (C=O) groups excluding carboxylic acids is 1. The van der Waals surface area contributed by atoms with E-state index >= 15 is 0 Å². The van der Waals surface area contributed by atoms with Gasteiger partial charge in [0.25, 0.3) is 11.5 Å². The fraction of sp³-hybridized carbons (Fsp3) is 0.182. The number of nitrogens with one attached hydrogen (secondary N) is 1. The summed E-state index contributed by atoms with van der Waals surface area (Å²) in [6, 6.07) is 11.9. The lowest BCUT2D eigenvalue weighted by molar-refractivity contribution is -0.117. The molecule has 0 bridgehead atoms. The van der Waals surface area contributed by atoms with Crippen molar-refractivity contribution in [3.05, 3.63) is 74.7 Å². The standard InChI is InChI=1S/C22H19ClN4O4/c1-14-11-16(6-7-18(14)23)31-21-17(12-15(13-24)20(28)25-8-10-30-2)22(29)27-9-4-3-5-19(27)26-21/h3-7,9,11-12H,8,10H2,1-2H3,(H,25,28)/b15-12+. The molecule has 31 heavy (non-hydrogen) atoms. The molecule has 0 aliphatic rings. The molecule has 158 valence electrons. The second-order valence-electron chi connectivity index (χ2n) is 6.50. The van der Waals surface area contributed by atoms with Crippen LogP contribution in [0.4, 0.5) is 0 Å². The van der Waals surface area contributed by atoms with Gasteiger partial charge in [0, 0.05) is 24.9 Å². The van der Waals surface area contributed by atoms with Gasteiger partial charge in [-0.15, -0.1) is 0 Å². The molecule has 1 aromatic carbocycles. The molecule has 0 aliphatic heterocycles. The van der Waals surface area contributed by atoms with Gasteiger partial charge < -0.3 is 14.8 Å². The van der Waals surface area contributed by atoms with Crippen LogP contribution >= 0.6 is 11.6 Å². The SMILES string of the molecule is COCCNC(=O)/C(C#N)=C/c1c(Oc2ccc(Cl)c(C)c2)nc2ccccn2c1=O. The van der Waals surface area contributed by atoms with Crippen molar-refractivity contribution in [2.75, 3.05) is 20.3 Å². The summed E-state index contributed by atoms with van der Waals surface area (Å²) < 4.78 is 12.1. The summed E-state index contributed by atoms with van der Waals surface area (Å²) in [5.41, 5.74) is 0.360. The first kappa shape index (κ1) is 22.0. The lowest BCUT2D eigenvalue weighted by atomic mass is 10.1. The Balaban J connectivity index is 2.11. The molecule has 9 heteroatoms. The topological polar surface area (TPSA) is 106 Å². The Labute approximate surface area is 183 Å². The molecular weight excluding hydrogens is 420 g/mol. The number of aromatic nitrogens is 2. The van der Waals surface area contributed by atoms with Crippen molar-refractivity contribution in [2.24, 2.45) is 0 Å². The van der Waals surface area contributed by atoms with Crippen molar-refractivity contribution in [1.29, 1.82) is 5.26 Å². The zero-order chi connectivity index (χ0) is 22.4. The molecule has 1 N–H and O–H groups in total. The number of fused-ring (bicyclic) bond motifs is 1. The van der Waals surface area contributed by atoms with Crippen LogP contribution in [0, 0.1) is 18.3 Å². The molecule has 0 spiro atoms. The molecule has 1 amide bonds. The number of pyridine rings is 1. The Morgan fingerprint density at radius 1 is 1.35 bits per heavy atom. The number of benzene rings is 1. The second-order valence-corrected chi connectivity index (χ2v) is 6.90. The van der Waals surface area contributed by atoms with Gasteiger partial charge in [-0.05, 0) is 48.9 Å². The highest BCUT2D eigenvalue weighted by atomic mass is 35.5.